The number of aromatic nitrogens is 1. The van der Waals surface area contributed by atoms with E-state index in [1.165, 1.54) is 65.8 Å². The Bertz CT molecular complexity index is 1830. The van der Waals surface area contributed by atoms with Crippen LogP contribution in [0.2, 0.25) is 0 Å². The second kappa shape index (κ2) is 7.89. The molecule has 0 unspecified atom stereocenters. The highest BCUT2D eigenvalue weighted by atomic mass is 32.2. The Kier molecular flexibility index (Phi) is 4.54. The van der Waals surface area contributed by atoms with Crippen molar-refractivity contribution in [1.82, 2.24) is 4.57 Å². The molecule has 0 N–H and O–H groups in total. The Hall–Kier alpha value is -4.21. The Morgan fingerprint density at radius 2 is 1.24 bits per heavy atom. The van der Waals surface area contributed by atoms with Crippen molar-refractivity contribution in [2.75, 3.05) is 4.90 Å². The van der Waals surface area contributed by atoms with Crippen LogP contribution in [0.4, 0.5) is 17.1 Å². The van der Waals surface area contributed by atoms with Crippen LogP contribution >= 0.6 is 11.8 Å². The molecule has 0 amide bonds. The van der Waals surface area contributed by atoms with E-state index in [0.29, 0.717) is 0 Å². The van der Waals surface area contributed by atoms with E-state index in [-0.39, 0.29) is 5.41 Å². The predicted octanol–water partition coefficient (Wildman–Crippen LogP) is 9.87. The van der Waals surface area contributed by atoms with E-state index in [1.807, 2.05) is 11.8 Å². The van der Waals surface area contributed by atoms with E-state index in [9.17, 15) is 0 Å². The second-order valence-electron chi connectivity index (χ2n) is 10.6. The van der Waals surface area contributed by atoms with Gasteiger partial charge in [0, 0.05) is 37.5 Å². The number of hydrogen-bond acceptors (Lipinski definition) is 2. The first-order valence-electron chi connectivity index (χ1n) is 13.1. The van der Waals surface area contributed by atoms with E-state index in [4.69, 9.17) is 0 Å². The number of benzene rings is 5. The average Bonchev–Trinajstić information content (AvgIpc) is 3.42. The molecular formula is C35H26N2S. The van der Waals surface area contributed by atoms with E-state index < -0.39 is 0 Å². The average molecular weight is 507 g/mol. The summed E-state index contributed by atoms with van der Waals surface area (Å²) in [6.07, 6.45) is 0. The van der Waals surface area contributed by atoms with Gasteiger partial charge in [0.1, 0.15) is 0 Å². The zero-order valence-corrected chi connectivity index (χ0v) is 22.2. The van der Waals surface area contributed by atoms with E-state index >= 15 is 0 Å². The lowest BCUT2D eigenvalue weighted by Crippen LogP contribution is -2.16. The molecule has 0 spiro atoms. The quantitative estimate of drug-likeness (QED) is 0.230. The Labute approximate surface area is 227 Å². The summed E-state index contributed by atoms with van der Waals surface area (Å²) in [5.74, 6) is 0. The fraction of sp³-hybridized carbons (Fsp3) is 0.0857. The van der Waals surface area contributed by atoms with Gasteiger partial charge in [-0.25, -0.2) is 0 Å². The van der Waals surface area contributed by atoms with Crippen molar-refractivity contribution >= 4 is 39.7 Å². The molecular weight excluding hydrogens is 480 g/mol. The molecule has 0 bridgehead atoms. The highest BCUT2D eigenvalue weighted by Crippen LogP contribution is 2.56. The lowest BCUT2D eigenvalue weighted by atomic mass is 9.81. The molecule has 1 aliphatic heterocycles. The molecule has 3 heteroatoms. The molecule has 0 atom stereocenters. The van der Waals surface area contributed by atoms with Gasteiger partial charge in [0.25, 0.3) is 0 Å². The third kappa shape index (κ3) is 2.91. The van der Waals surface area contributed by atoms with Crippen molar-refractivity contribution in [3.63, 3.8) is 0 Å². The van der Waals surface area contributed by atoms with Crippen molar-refractivity contribution in [2.24, 2.45) is 0 Å². The molecule has 0 radical (unpaired) electrons. The molecule has 0 saturated heterocycles. The maximum absolute atomic E-state index is 2.47. The minimum atomic E-state index is -0.101. The summed E-state index contributed by atoms with van der Waals surface area (Å²) in [6.45, 7) is 4.75. The zero-order valence-electron chi connectivity index (χ0n) is 21.3. The summed E-state index contributed by atoms with van der Waals surface area (Å²) < 4.78 is 2.47. The van der Waals surface area contributed by atoms with Crippen LogP contribution in [0.25, 0.3) is 27.8 Å². The normalized spacial score (nSPS) is 14.6. The van der Waals surface area contributed by atoms with Crippen LogP contribution in [0.5, 0.6) is 0 Å². The zero-order chi connectivity index (χ0) is 25.4. The number of hydrogen-bond donors (Lipinski definition) is 0. The van der Waals surface area contributed by atoms with Crippen molar-refractivity contribution in [3.05, 3.63) is 132 Å². The SMILES string of the molecule is CC1(C)c2ccccc2-c2c1c1cc(N3c4ccccc4Sc4ccccc43)ccc1n2-c1ccccc1. The molecule has 2 heterocycles. The van der Waals surface area contributed by atoms with Crippen LogP contribution in [0.15, 0.2) is 131 Å². The topological polar surface area (TPSA) is 8.17 Å². The van der Waals surface area contributed by atoms with Crippen molar-refractivity contribution in [2.45, 2.75) is 29.1 Å². The molecule has 2 aliphatic rings. The minimum absolute atomic E-state index is 0.101. The highest BCUT2D eigenvalue weighted by Gasteiger charge is 2.40. The van der Waals surface area contributed by atoms with Gasteiger partial charge in [0.05, 0.1) is 22.6 Å². The van der Waals surface area contributed by atoms with E-state index in [1.54, 1.807) is 0 Å². The molecule has 2 nitrogen and oxygen atoms in total. The van der Waals surface area contributed by atoms with Gasteiger partial charge in [0.15, 0.2) is 0 Å². The monoisotopic (exact) mass is 506 g/mol. The lowest BCUT2D eigenvalue weighted by Gasteiger charge is -2.33. The van der Waals surface area contributed by atoms with Crippen LogP contribution in [-0.2, 0) is 5.41 Å². The summed E-state index contributed by atoms with van der Waals surface area (Å²) in [7, 11) is 0. The van der Waals surface area contributed by atoms with Gasteiger partial charge >= 0.3 is 0 Å². The Morgan fingerprint density at radius 3 is 1.97 bits per heavy atom. The van der Waals surface area contributed by atoms with Crippen molar-refractivity contribution in [3.8, 4) is 16.9 Å². The number of para-hydroxylation sites is 3. The summed E-state index contributed by atoms with van der Waals surface area (Å²) in [5.41, 5.74) is 11.5. The molecule has 5 aromatic carbocycles. The van der Waals surface area contributed by atoms with Gasteiger partial charge < -0.3 is 9.47 Å². The molecule has 0 fully saturated rings. The van der Waals surface area contributed by atoms with Gasteiger partial charge in [-0.1, -0.05) is 92.3 Å². The number of rotatable bonds is 2. The van der Waals surface area contributed by atoms with Crippen LogP contribution < -0.4 is 4.90 Å². The molecule has 6 aromatic rings. The molecule has 38 heavy (non-hydrogen) atoms. The first-order chi connectivity index (χ1) is 18.6. The Balaban J connectivity index is 1.45. The van der Waals surface area contributed by atoms with Gasteiger partial charge in [-0.05, 0) is 65.7 Å². The number of fused-ring (bicyclic) bond motifs is 7. The first-order valence-corrected chi connectivity index (χ1v) is 13.9. The van der Waals surface area contributed by atoms with Gasteiger partial charge in [-0.2, -0.15) is 0 Å². The third-order valence-corrected chi connectivity index (χ3v) is 9.27. The number of nitrogens with zero attached hydrogens (tertiary/aromatic N) is 2. The first kappa shape index (κ1) is 21.8. The molecule has 0 saturated carbocycles. The van der Waals surface area contributed by atoms with E-state index in [0.717, 1.165) is 0 Å². The number of anilines is 3. The molecule has 1 aromatic heterocycles. The summed E-state index contributed by atoms with van der Waals surface area (Å²) in [4.78, 5) is 5.00. The second-order valence-corrected chi connectivity index (χ2v) is 11.7. The summed E-state index contributed by atoms with van der Waals surface area (Å²) in [6, 6.07) is 44.2. The Morgan fingerprint density at radius 1 is 0.605 bits per heavy atom. The van der Waals surface area contributed by atoms with Gasteiger partial charge in [0.2, 0.25) is 0 Å². The van der Waals surface area contributed by atoms with Crippen molar-refractivity contribution in [1.29, 1.82) is 0 Å². The summed E-state index contributed by atoms with van der Waals surface area (Å²) >= 11 is 1.85. The third-order valence-electron chi connectivity index (χ3n) is 8.14. The molecule has 1 aliphatic carbocycles. The predicted molar refractivity (Wildman–Crippen MR) is 160 cm³/mol. The fourth-order valence-electron chi connectivity index (χ4n) is 6.50. The fourth-order valence-corrected chi connectivity index (χ4v) is 7.56. The van der Waals surface area contributed by atoms with E-state index in [2.05, 4.69) is 145 Å². The highest BCUT2D eigenvalue weighted by molar-refractivity contribution is 7.99. The molecule has 8 rings (SSSR count). The van der Waals surface area contributed by atoms with Crippen molar-refractivity contribution < 1.29 is 0 Å². The van der Waals surface area contributed by atoms with Crippen LogP contribution in [0.3, 0.4) is 0 Å². The smallest absolute Gasteiger partial charge is 0.0601 e. The van der Waals surface area contributed by atoms with Gasteiger partial charge in [-0.15, -0.1) is 0 Å². The molecule has 182 valence electrons. The van der Waals surface area contributed by atoms with Gasteiger partial charge in [-0.3, -0.25) is 0 Å². The van der Waals surface area contributed by atoms with Crippen LogP contribution in [0.1, 0.15) is 25.0 Å². The largest absolute Gasteiger partial charge is 0.309 e. The summed E-state index contributed by atoms with van der Waals surface area (Å²) in [5, 5.41) is 1.32. The lowest BCUT2D eigenvalue weighted by molar-refractivity contribution is 0.666. The van der Waals surface area contributed by atoms with Crippen LogP contribution in [0, 0.1) is 0 Å². The minimum Gasteiger partial charge on any atom is -0.309 e. The maximum atomic E-state index is 2.47. The maximum Gasteiger partial charge on any atom is 0.0601 e. The standard InChI is InChI=1S/C35H26N2S/c1-35(2)27-15-7-6-14-25(27)34-33(35)26-22-24(20-21-28(26)37(34)23-12-4-3-5-13-23)36-29-16-8-10-18-31(29)38-32-19-11-9-17-30(32)36/h3-22H,1-2H3. The van der Waals surface area contributed by atoms with Crippen LogP contribution in [-0.4, -0.2) is 4.57 Å².